The van der Waals surface area contributed by atoms with Gasteiger partial charge in [-0.15, -0.1) is 0 Å². The average molecular weight is 364 g/mol. The molecule has 26 heavy (non-hydrogen) atoms. The van der Waals surface area contributed by atoms with Crippen molar-refractivity contribution < 1.29 is 33.9 Å². The number of hydrogen-bond donors (Lipinski definition) is 1. The number of carbonyl (C=O) groups is 2. The fourth-order valence-corrected chi connectivity index (χ4v) is 4.74. The molecule has 7 heteroatoms. The first kappa shape index (κ1) is 17.7. The fourth-order valence-electron chi connectivity index (χ4n) is 4.74. The van der Waals surface area contributed by atoms with Gasteiger partial charge in [0.1, 0.15) is 23.4 Å². The van der Waals surface area contributed by atoms with Gasteiger partial charge in [-0.05, 0) is 26.3 Å². The molecule has 2 aliphatic heterocycles. The Bertz CT molecular complexity index is 723. The molecular formula is C19H24O7. The number of hydrogen-bond acceptors (Lipinski definition) is 7. The van der Waals surface area contributed by atoms with Gasteiger partial charge in [-0.3, -0.25) is 4.79 Å². The highest BCUT2D eigenvalue weighted by Gasteiger charge is 2.76. The van der Waals surface area contributed by atoms with Crippen molar-refractivity contribution in [3.63, 3.8) is 0 Å². The summed E-state index contributed by atoms with van der Waals surface area (Å²) in [5.74, 6) is -2.12. The smallest absolute Gasteiger partial charge is 0.334 e. The first-order valence-corrected chi connectivity index (χ1v) is 8.93. The molecule has 2 aliphatic carbocycles. The Morgan fingerprint density at radius 2 is 2.04 bits per heavy atom. The third kappa shape index (κ3) is 1.99. The summed E-state index contributed by atoms with van der Waals surface area (Å²) in [5.41, 5.74) is -3.39. The first-order chi connectivity index (χ1) is 12.0. The van der Waals surface area contributed by atoms with Gasteiger partial charge in [0.2, 0.25) is 0 Å². The Morgan fingerprint density at radius 3 is 2.62 bits per heavy atom. The summed E-state index contributed by atoms with van der Waals surface area (Å²) in [6.07, 6.45) is 2.30. The highest BCUT2D eigenvalue weighted by Crippen LogP contribution is 2.61. The highest BCUT2D eigenvalue weighted by molar-refractivity contribution is 5.91. The lowest BCUT2D eigenvalue weighted by Crippen LogP contribution is -2.62. The van der Waals surface area contributed by atoms with Gasteiger partial charge in [-0.25, -0.2) is 14.6 Å². The molecule has 0 unspecified atom stereocenters. The monoisotopic (exact) mass is 364 g/mol. The number of rotatable bonds is 2. The Labute approximate surface area is 151 Å². The molecule has 7 atom stereocenters. The van der Waals surface area contributed by atoms with Crippen LogP contribution in [0.15, 0.2) is 24.3 Å². The molecule has 4 rings (SSSR count). The van der Waals surface area contributed by atoms with Crippen molar-refractivity contribution in [3.8, 4) is 0 Å². The molecule has 7 nitrogen and oxygen atoms in total. The molecule has 0 radical (unpaired) electrons. The zero-order valence-corrected chi connectivity index (χ0v) is 15.4. The molecule has 0 aromatic heterocycles. The predicted molar refractivity (Wildman–Crippen MR) is 88.4 cm³/mol. The molecule has 2 bridgehead atoms. The van der Waals surface area contributed by atoms with Crippen molar-refractivity contribution in [1.29, 1.82) is 0 Å². The second-order valence-corrected chi connectivity index (χ2v) is 8.42. The van der Waals surface area contributed by atoms with Gasteiger partial charge in [-0.2, -0.15) is 0 Å². The standard InChI is InChI=1S/C19H24O7/c1-9(2)15(20)23-12-8-11-10(3)16(21)24-13(11)14-17(4)6-7-19(14,26-25-17)18(12,5)22/h6-7,9,11-14,22H,3,8H2,1-2,4-5H3/t11-,12+,13-,14-,17+,18+,19-/m0/s1. The fraction of sp³-hybridized carbons (Fsp3) is 0.684. The van der Waals surface area contributed by atoms with Crippen molar-refractivity contribution in [3.05, 3.63) is 24.3 Å². The van der Waals surface area contributed by atoms with E-state index in [2.05, 4.69) is 6.58 Å². The lowest BCUT2D eigenvalue weighted by Gasteiger charge is -2.43. The van der Waals surface area contributed by atoms with Crippen LogP contribution < -0.4 is 0 Å². The van der Waals surface area contributed by atoms with E-state index in [0.29, 0.717) is 5.57 Å². The van der Waals surface area contributed by atoms with E-state index in [1.807, 2.05) is 13.0 Å². The molecule has 2 heterocycles. The van der Waals surface area contributed by atoms with Gasteiger partial charge in [0.15, 0.2) is 5.60 Å². The Balaban J connectivity index is 1.82. The van der Waals surface area contributed by atoms with Crippen LogP contribution >= 0.6 is 0 Å². The topological polar surface area (TPSA) is 91.3 Å². The number of fused-ring (bicyclic) bond motifs is 1. The summed E-state index contributed by atoms with van der Waals surface area (Å²) in [7, 11) is 0. The summed E-state index contributed by atoms with van der Waals surface area (Å²) in [5, 5.41) is 11.5. The van der Waals surface area contributed by atoms with Crippen LogP contribution in [0.3, 0.4) is 0 Å². The molecule has 0 amide bonds. The summed E-state index contributed by atoms with van der Waals surface area (Å²) >= 11 is 0. The third-order valence-electron chi connectivity index (χ3n) is 6.39. The normalized spacial score (nSPS) is 49.0. The first-order valence-electron chi connectivity index (χ1n) is 8.93. The Hall–Kier alpha value is -1.70. The van der Waals surface area contributed by atoms with Crippen LogP contribution in [-0.2, 0) is 28.8 Å². The zero-order valence-electron chi connectivity index (χ0n) is 15.4. The van der Waals surface area contributed by atoms with Crippen LogP contribution in [-0.4, -0.2) is 46.1 Å². The molecular weight excluding hydrogens is 340 g/mol. The minimum absolute atomic E-state index is 0.228. The van der Waals surface area contributed by atoms with Gasteiger partial charge >= 0.3 is 11.9 Å². The van der Waals surface area contributed by atoms with E-state index in [-0.39, 0.29) is 12.3 Å². The Kier molecular flexibility index (Phi) is 3.53. The van der Waals surface area contributed by atoms with E-state index in [4.69, 9.17) is 19.2 Å². The van der Waals surface area contributed by atoms with Crippen molar-refractivity contribution in [2.45, 2.75) is 63.1 Å². The lowest BCUT2D eigenvalue weighted by molar-refractivity contribution is -0.366. The minimum atomic E-state index is -1.58. The van der Waals surface area contributed by atoms with E-state index < -0.39 is 52.8 Å². The molecule has 2 saturated heterocycles. The molecule has 142 valence electrons. The molecule has 0 aromatic rings. The van der Waals surface area contributed by atoms with Crippen LogP contribution in [0, 0.1) is 17.8 Å². The van der Waals surface area contributed by atoms with E-state index in [1.54, 1.807) is 26.8 Å². The van der Waals surface area contributed by atoms with Crippen LogP contribution in [0.5, 0.6) is 0 Å². The Morgan fingerprint density at radius 1 is 1.35 bits per heavy atom. The number of ether oxygens (including phenoxy) is 2. The van der Waals surface area contributed by atoms with Gasteiger partial charge in [0.25, 0.3) is 0 Å². The third-order valence-corrected chi connectivity index (χ3v) is 6.39. The SMILES string of the molecule is C=C1C(=O)O[C@H]2[C@H]1C[C@@H](OC(=O)C(C)C)[C@@](C)(O)[C@@]13C=C[C@@](C)(OO1)[C@H]23. The van der Waals surface area contributed by atoms with Crippen LogP contribution in [0.25, 0.3) is 0 Å². The van der Waals surface area contributed by atoms with Crippen LogP contribution in [0.4, 0.5) is 0 Å². The van der Waals surface area contributed by atoms with Crippen molar-refractivity contribution in [2.24, 2.45) is 17.8 Å². The maximum absolute atomic E-state index is 12.3. The quantitative estimate of drug-likeness (QED) is 0.343. The summed E-state index contributed by atoms with van der Waals surface area (Å²) in [4.78, 5) is 35.6. The molecule has 4 aliphatic rings. The van der Waals surface area contributed by atoms with E-state index in [0.717, 1.165) is 0 Å². The molecule has 0 spiro atoms. The van der Waals surface area contributed by atoms with Crippen molar-refractivity contribution >= 4 is 11.9 Å². The summed E-state index contributed by atoms with van der Waals surface area (Å²) in [6, 6.07) is 0. The van der Waals surface area contributed by atoms with Crippen molar-refractivity contribution in [2.75, 3.05) is 0 Å². The maximum atomic E-state index is 12.3. The van der Waals surface area contributed by atoms with E-state index in [9.17, 15) is 14.7 Å². The second kappa shape index (κ2) is 5.18. The maximum Gasteiger partial charge on any atom is 0.334 e. The van der Waals surface area contributed by atoms with Gasteiger partial charge in [0.05, 0.1) is 11.8 Å². The van der Waals surface area contributed by atoms with Crippen molar-refractivity contribution in [1.82, 2.24) is 0 Å². The van der Waals surface area contributed by atoms with Crippen LogP contribution in [0.2, 0.25) is 0 Å². The average Bonchev–Trinajstić information content (AvgIpc) is 3.11. The van der Waals surface area contributed by atoms with Gasteiger partial charge in [0, 0.05) is 11.5 Å². The zero-order chi connectivity index (χ0) is 19.1. The summed E-state index contributed by atoms with van der Waals surface area (Å²) < 4.78 is 11.3. The molecule has 0 aromatic carbocycles. The van der Waals surface area contributed by atoms with E-state index >= 15 is 0 Å². The minimum Gasteiger partial charge on any atom is -0.459 e. The molecule has 1 saturated carbocycles. The number of esters is 2. The van der Waals surface area contributed by atoms with E-state index in [1.165, 1.54) is 0 Å². The van der Waals surface area contributed by atoms with Crippen LogP contribution in [0.1, 0.15) is 34.1 Å². The molecule has 3 fully saturated rings. The number of aliphatic hydroxyl groups is 1. The summed E-state index contributed by atoms with van der Waals surface area (Å²) in [6.45, 7) is 10.7. The van der Waals surface area contributed by atoms with Gasteiger partial charge in [-0.1, -0.05) is 26.5 Å². The van der Waals surface area contributed by atoms with Gasteiger partial charge < -0.3 is 14.6 Å². The number of carbonyl (C=O) groups excluding carboxylic acids is 2. The highest BCUT2D eigenvalue weighted by atomic mass is 17.2. The predicted octanol–water partition coefficient (Wildman–Crippen LogP) is 1.45. The second-order valence-electron chi connectivity index (χ2n) is 8.42. The lowest BCUT2D eigenvalue weighted by atomic mass is 9.70. The largest absolute Gasteiger partial charge is 0.459 e. The molecule has 1 N–H and O–H groups in total.